The zero-order chi connectivity index (χ0) is 15.6. The van der Waals surface area contributed by atoms with Crippen molar-refractivity contribution >= 4 is 5.91 Å². The first-order valence-corrected chi connectivity index (χ1v) is 8.43. The Morgan fingerprint density at radius 1 is 0.913 bits per heavy atom. The number of hydrogen-bond donors (Lipinski definition) is 1. The minimum atomic E-state index is 0.0207. The minimum Gasteiger partial charge on any atom is -0.457 e. The number of amides is 1. The first-order valence-electron chi connectivity index (χ1n) is 8.43. The number of carbonyl (C=O) groups is 1. The Balaban J connectivity index is 1.45. The number of ether oxygens (including phenoxy) is 1. The van der Waals surface area contributed by atoms with Gasteiger partial charge in [0, 0.05) is 11.6 Å². The number of para-hydroxylation sites is 1. The highest BCUT2D eigenvalue weighted by molar-refractivity contribution is 5.94. The van der Waals surface area contributed by atoms with Crippen LogP contribution in [0.3, 0.4) is 0 Å². The Bertz CT molecular complexity index is 678. The van der Waals surface area contributed by atoms with Gasteiger partial charge in [0.15, 0.2) is 0 Å². The van der Waals surface area contributed by atoms with Gasteiger partial charge in [0.05, 0.1) is 0 Å². The van der Waals surface area contributed by atoms with Gasteiger partial charge >= 0.3 is 0 Å². The van der Waals surface area contributed by atoms with Crippen molar-refractivity contribution in [2.24, 2.45) is 11.8 Å². The number of carbonyl (C=O) groups excluding carboxylic acids is 1. The van der Waals surface area contributed by atoms with Gasteiger partial charge in [-0.25, -0.2) is 0 Å². The van der Waals surface area contributed by atoms with E-state index in [4.69, 9.17) is 4.74 Å². The van der Waals surface area contributed by atoms with E-state index < -0.39 is 0 Å². The molecule has 1 N–H and O–H groups in total. The molecule has 0 aliphatic heterocycles. The molecular weight excluding hydrogens is 286 g/mol. The van der Waals surface area contributed by atoms with E-state index in [1.54, 1.807) is 0 Å². The molecule has 0 bridgehead atoms. The summed E-state index contributed by atoms with van der Waals surface area (Å²) in [6, 6.07) is 17.4. The molecule has 2 fully saturated rings. The van der Waals surface area contributed by atoms with Crippen LogP contribution in [-0.2, 0) is 0 Å². The lowest BCUT2D eigenvalue weighted by Crippen LogP contribution is -2.38. The van der Waals surface area contributed by atoms with Gasteiger partial charge in [0.25, 0.3) is 5.91 Å². The van der Waals surface area contributed by atoms with Crippen molar-refractivity contribution in [2.45, 2.75) is 31.7 Å². The minimum absolute atomic E-state index is 0.0207. The first kappa shape index (κ1) is 14.3. The van der Waals surface area contributed by atoms with Crippen LogP contribution in [0.2, 0.25) is 0 Å². The maximum Gasteiger partial charge on any atom is 0.251 e. The molecule has 0 atom stereocenters. The molecular formula is C20H21NO2. The summed E-state index contributed by atoms with van der Waals surface area (Å²) in [7, 11) is 0. The maximum atomic E-state index is 12.6. The molecule has 4 rings (SSSR count). The molecule has 1 amide bonds. The predicted molar refractivity (Wildman–Crippen MR) is 89.7 cm³/mol. The summed E-state index contributed by atoms with van der Waals surface area (Å²) in [5, 5.41) is 3.25. The summed E-state index contributed by atoms with van der Waals surface area (Å²) in [5.41, 5.74) is 0.671. The van der Waals surface area contributed by atoms with Crippen molar-refractivity contribution in [3.05, 3.63) is 60.2 Å². The molecule has 2 aromatic carbocycles. The highest BCUT2D eigenvalue weighted by atomic mass is 16.5. The van der Waals surface area contributed by atoms with Gasteiger partial charge in [0.1, 0.15) is 11.5 Å². The van der Waals surface area contributed by atoms with Gasteiger partial charge in [0.2, 0.25) is 0 Å². The van der Waals surface area contributed by atoms with Gasteiger partial charge in [-0.1, -0.05) is 24.3 Å². The van der Waals surface area contributed by atoms with Crippen LogP contribution >= 0.6 is 0 Å². The van der Waals surface area contributed by atoms with Crippen molar-refractivity contribution in [3.63, 3.8) is 0 Å². The van der Waals surface area contributed by atoms with Crippen molar-refractivity contribution in [2.75, 3.05) is 0 Å². The number of nitrogens with one attached hydrogen (secondary N) is 1. The summed E-state index contributed by atoms with van der Waals surface area (Å²) in [5.74, 6) is 2.90. The molecule has 23 heavy (non-hydrogen) atoms. The third-order valence-electron chi connectivity index (χ3n) is 4.63. The van der Waals surface area contributed by atoms with Crippen molar-refractivity contribution in [1.29, 1.82) is 0 Å². The van der Waals surface area contributed by atoms with Crippen LogP contribution in [0.25, 0.3) is 0 Å². The van der Waals surface area contributed by atoms with Crippen LogP contribution in [0.5, 0.6) is 11.5 Å². The van der Waals surface area contributed by atoms with Crippen molar-refractivity contribution in [1.82, 2.24) is 5.32 Å². The van der Waals surface area contributed by atoms with E-state index in [9.17, 15) is 4.79 Å². The number of rotatable bonds is 6. The quantitative estimate of drug-likeness (QED) is 0.859. The molecule has 0 radical (unpaired) electrons. The van der Waals surface area contributed by atoms with E-state index >= 15 is 0 Å². The second-order valence-electron chi connectivity index (χ2n) is 6.62. The predicted octanol–water partition coefficient (Wildman–Crippen LogP) is 4.40. The largest absolute Gasteiger partial charge is 0.457 e. The molecule has 0 saturated heterocycles. The summed E-state index contributed by atoms with van der Waals surface area (Å²) < 4.78 is 5.81. The average Bonchev–Trinajstić information content (AvgIpc) is 3.48. The summed E-state index contributed by atoms with van der Waals surface area (Å²) >= 11 is 0. The maximum absolute atomic E-state index is 12.6. The molecule has 0 spiro atoms. The second-order valence-corrected chi connectivity index (χ2v) is 6.62. The Morgan fingerprint density at radius 2 is 1.57 bits per heavy atom. The monoisotopic (exact) mass is 307 g/mol. The highest BCUT2D eigenvalue weighted by Crippen LogP contribution is 2.44. The van der Waals surface area contributed by atoms with Gasteiger partial charge < -0.3 is 10.1 Å². The first-order chi connectivity index (χ1) is 11.3. The molecule has 0 unspecified atom stereocenters. The van der Waals surface area contributed by atoms with Crippen molar-refractivity contribution in [3.8, 4) is 11.5 Å². The fourth-order valence-electron chi connectivity index (χ4n) is 3.09. The zero-order valence-corrected chi connectivity index (χ0v) is 13.1. The molecule has 2 saturated carbocycles. The number of benzene rings is 2. The number of hydrogen-bond acceptors (Lipinski definition) is 2. The fraction of sp³-hybridized carbons (Fsp3) is 0.350. The van der Waals surface area contributed by atoms with Crippen LogP contribution in [0.1, 0.15) is 36.0 Å². The molecule has 2 aliphatic carbocycles. The Morgan fingerprint density at radius 3 is 2.22 bits per heavy atom. The summed E-state index contributed by atoms with van der Waals surface area (Å²) in [4.78, 5) is 12.6. The molecule has 3 heteroatoms. The lowest BCUT2D eigenvalue weighted by molar-refractivity contribution is 0.0926. The second kappa shape index (κ2) is 6.07. The van der Waals surface area contributed by atoms with Crippen LogP contribution in [0, 0.1) is 11.8 Å². The summed E-state index contributed by atoms with van der Waals surface area (Å²) in [6.45, 7) is 0. The van der Waals surface area contributed by atoms with E-state index in [-0.39, 0.29) is 5.91 Å². The van der Waals surface area contributed by atoms with Crippen LogP contribution in [0.15, 0.2) is 54.6 Å². The van der Waals surface area contributed by atoms with E-state index in [0.29, 0.717) is 29.2 Å². The van der Waals surface area contributed by atoms with Crippen molar-refractivity contribution < 1.29 is 9.53 Å². The SMILES string of the molecule is O=C(NC(C1CC1)C1CC1)c1cccc(Oc2ccccc2)c1. The lowest BCUT2D eigenvalue weighted by atomic mass is 10.1. The van der Waals surface area contributed by atoms with Gasteiger partial charge in [-0.3, -0.25) is 4.79 Å². The smallest absolute Gasteiger partial charge is 0.251 e. The fourth-order valence-corrected chi connectivity index (χ4v) is 3.09. The Labute approximate surface area is 136 Å². The Hall–Kier alpha value is -2.29. The molecule has 0 aromatic heterocycles. The average molecular weight is 307 g/mol. The summed E-state index contributed by atoms with van der Waals surface area (Å²) in [6.07, 6.45) is 5.05. The Kier molecular flexibility index (Phi) is 3.78. The molecule has 118 valence electrons. The molecule has 3 nitrogen and oxygen atoms in total. The molecule has 2 aromatic rings. The van der Waals surface area contributed by atoms with E-state index in [1.807, 2.05) is 54.6 Å². The third kappa shape index (κ3) is 3.55. The lowest BCUT2D eigenvalue weighted by Gasteiger charge is -2.18. The van der Waals surface area contributed by atoms with E-state index in [0.717, 1.165) is 5.75 Å². The molecule has 0 heterocycles. The molecule has 2 aliphatic rings. The van der Waals surface area contributed by atoms with Crippen LogP contribution < -0.4 is 10.1 Å². The van der Waals surface area contributed by atoms with Gasteiger partial charge in [-0.05, 0) is 67.9 Å². The highest BCUT2D eigenvalue weighted by Gasteiger charge is 2.42. The van der Waals surface area contributed by atoms with Gasteiger partial charge in [-0.15, -0.1) is 0 Å². The van der Waals surface area contributed by atoms with E-state index in [2.05, 4.69) is 5.32 Å². The third-order valence-corrected chi connectivity index (χ3v) is 4.63. The normalized spacial score (nSPS) is 17.1. The topological polar surface area (TPSA) is 38.3 Å². The van der Waals surface area contributed by atoms with Crippen LogP contribution in [-0.4, -0.2) is 11.9 Å². The standard InChI is InChI=1S/C20H21NO2/c22-20(21-19(14-9-10-14)15-11-12-15)16-5-4-8-18(13-16)23-17-6-2-1-3-7-17/h1-8,13-15,19H,9-12H2,(H,21,22). The zero-order valence-electron chi connectivity index (χ0n) is 13.1. The van der Waals surface area contributed by atoms with Gasteiger partial charge in [-0.2, -0.15) is 0 Å². The van der Waals surface area contributed by atoms with E-state index in [1.165, 1.54) is 25.7 Å². The van der Waals surface area contributed by atoms with Crippen LogP contribution in [0.4, 0.5) is 0 Å².